The second-order valence-electron chi connectivity index (χ2n) is 4.46. The highest BCUT2D eigenvalue weighted by atomic mass is 79.9. The van der Waals surface area contributed by atoms with Crippen LogP contribution in [0.2, 0.25) is 0 Å². The molecule has 2 heterocycles. The van der Waals surface area contributed by atoms with E-state index in [4.69, 9.17) is 5.73 Å². The van der Waals surface area contributed by atoms with Crippen molar-refractivity contribution in [2.24, 2.45) is 11.7 Å². The molecule has 2 unspecified atom stereocenters. The van der Waals surface area contributed by atoms with Crippen molar-refractivity contribution in [3.63, 3.8) is 0 Å². The molecule has 0 saturated carbocycles. The van der Waals surface area contributed by atoms with Crippen molar-refractivity contribution >= 4 is 53.2 Å². The van der Waals surface area contributed by atoms with Crippen molar-refractivity contribution < 1.29 is 8.42 Å². The summed E-state index contributed by atoms with van der Waals surface area (Å²) >= 11 is 7.97. The van der Waals surface area contributed by atoms with Gasteiger partial charge in [0, 0.05) is 19.1 Å². The number of halogens is 2. The molecule has 2 atom stereocenters. The quantitative estimate of drug-likeness (QED) is 0.821. The van der Waals surface area contributed by atoms with Gasteiger partial charge in [-0.1, -0.05) is 0 Å². The number of hydrogen-bond acceptors (Lipinski definition) is 4. The normalized spacial score (nSPS) is 23.4. The highest BCUT2D eigenvalue weighted by Crippen LogP contribution is 2.37. The summed E-state index contributed by atoms with van der Waals surface area (Å²) in [6.07, 6.45) is 0.833. The van der Waals surface area contributed by atoms with Gasteiger partial charge in [0.05, 0.1) is 7.57 Å². The molecule has 0 bridgehead atoms. The maximum absolute atomic E-state index is 12.5. The third-order valence-corrected chi connectivity index (χ3v) is 7.79. The van der Waals surface area contributed by atoms with Crippen molar-refractivity contribution in [2.45, 2.75) is 24.3 Å². The first-order valence-corrected chi connectivity index (χ1v) is 9.37. The first kappa shape index (κ1) is 14.9. The molecule has 102 valence electrons. The van der Waals surface area contributed by atoms with E-state index in [1.54, 1.807) is 6.07 Å². The van der Waals surface area contributed by atoms with Crippen LogP contribution in [-0.4, -0.2) is 31.9 Å². The molecule has 0 amide bonds. The van der Waals surface area contributed by atoms with E-state index in [9.17, 15) is 8.42 Å². The zero-order valence-corrected chi connectivity index (χ0v) is 14.6. The molecular formula is C10H14Br2N2O2S2. The van der Waals surface area contributed by atoms with Crippen LogP contribution in [0.15, 0.2) is 18.5 Å². The molecule has 0 radical (unpaired) electrons. The maximum Gasteiger partial charge on any atom is 0.245 e. The fourth-order valence-electron chi connectivity index (χ4n) is 2.04. The lowest BCUT2D eigenvalue weighted by molar-refractivity contribution is 0.429. The van der Waals surface area contributed by atoms with Gasteiger partial charge in [0.1, 0.15) is 4.90 Å². The molecule has 1 saturated heterocycles. The van der Waals surface area contributed by atoms with Gasteiger partial charge >= 0.3 is 0 Å². The average molecular weight is 418 g/mol. The van der Waals surface area contributed by atoms with Gasteiger partial charge in [-0.3, -0.25) is 0 Å². The molecular weight excluding hydrogens is 404 g/mol. The van der Waals surface area contributed by atoms with Crippen LogP contribution in [0.25, 0.3) is 0 Å². The highest BCUT2D eigenvalue weighted by molar-refractivity contribution is 9.12. The summed E-state index contributed by atoms with van der Waals surface area (Å²) in [4.78, 5) is 0.338. The van der Waals surface area contributed by atoms with E-state index in [1.807, 2.05) is 6.92 Å². The standard InChI is InChI=1S/C10H14Br2N2O2S2/c1-6(13)7-2-3-14(5-7)18(15,16)8-4-9(11)17-10(8)12/h4,6-7H,2-3,5,13H2,1H3. The van der Waals surface area contributed by atoms with Crippen molar-refractivity contribution in [1.82, 2.24) is 4.31 Å². The number of rotatable bonds is 3. The van der Waals surface area contributed by atoms with Gasteiger partial charge in [0.15, 0.2) is 0 Å². The smallest absolute Gasteiger partial charge is 0.245 e. The lowest BCUT2D eigenvalue weighted by atomic mass is 10.0. The molecule has 0 aliphatic carbocycles. The SMILES string of the molecule is CC(N)C1CCN(S(=O)(=O)c2cc(Br)sc2Br)C1. The summed E-state index contributed by atoms with van der Waals surface area (Å²) in [6, 6.07) is 1.67. The molecule has 2 N–H and O–H groups in total. The minimum absolute atomic E-state index is 0.0304. The monoisotopic (exact) mass is 416 g/mol. The van der Waals surface area contributed by atoms with Gasteiger partial charge in [-0.05, 0) is 57.2 Å². The molecule has 0 spiro atoms. The molecule has 18 heavy (non-hydrogen) atoms. The predicted molar refractivity (Wildman–Crippen MR) is 80.2 cm³/mol. The van der Waals surface area contributed by atoms with Crippen LogP contribution in [0.4, 0.5) is 0 Å². The number of thiophene rings is 1. The summed E-state index contributed by atoms with van der Waals surface area (Å²) in [7, 11) is -3.40. The van der Waals surface area contributed by atoms with Crippen molar-refractivity contribution in [3.05, 3.63) is 13.6 Å². The Hall–Kier alpha value is 0.530. The largest absolute Gasteiger partial charge is 0.328 e. The first-order valence-electron chi connectivity index (χ1n) is 5.53. The summed E-state index contributed by atoms with van der Waals surface area (Å²) in [5.74, 6) is 0.251. The molecule has 1 fully saturated rings. The van der Waals surface area contributed by atoms with Gasteiger partial charge in [-0.15, -0.1) is 11.3 Å². The molecule has 2 rings (SSSR count). The van der Waals surface area contributed by atoms with Gasteiger partial charge in [-0.2, -0.15) is 4.31 Å². The van der Waals surface area contributed by atoms with Gasteiger partial charge < -0.3 is 5.73 Å². The van der Waals surface area contributed by atoms with Crippen LogP contribution >= 0.6 is 43.2 Å². The van der Waals surface area contributed by atoms with Gasteiger partial charge in [0.25, 0.3) is 0 Å². The van der Waals surface area contributed by atoms with Crippen molar-refractivity contribution in [1.29, 1.82) is 0 Å². The summed E-state index contributed by atoms with van der Waals surface area (Å²) < 4.78 is 27.9. The summed E-state index contributed by atoms with van der Waals surface area (Å²) in [6.45, 7) is 2.99. The summed E-state index contributed by atoms with van der Waals surface area (Å²) in [5, 5.41) is 0. The molecule has 0 aromatic carbocycles. The Morgan fingerprint density at radius 2 is 2.22 bits per heavy atom. The number of nitrogens with two attached hydrogens (primary N) is 1. The second kappa shape index (κ2) is 5.49. The van der Waals surface area contributed by atoms with E-state index in [-0.39, 0.29) is 12.0 Å². The summed E-state index contributed by atoms with van der Waals surface area (Å²) in [5.41, 5.74) is 5.84. The Bertz CT molecular complexity index is 542. The van der Waals surface area contributed by atoms with Crippen LogP contribution < -0.4 is 5.73 Å². The van der Waals surface area contributed by atoms with E-state index in [0.717, 1.165) is 10.2 Å². The Labute approximate surface area is 128 Å². The van der Waals surface area contributed by atoms with Gasteiger partial charge in [-0.25, -0.2) is 8.42 Å². The Kier molecular flexibility index (Phi) is 4.56. The first-order chi connectivity index (χ1) is 8.32. The fraction of sp³-hybridized carbons (Fsp3) is 0.600. The average Bonchev–Trinajstić information content (AvgIpc) is 2.85. The lowest BCUT2D eigenvalue weighted by Gasteiger charge is -2.17. The maximum atomic E-state index is 12.5. The number of sulfonamides is 1. The van der Waals surface area contributed by atoms with Crippen LogP contribution in [0.5, 0.6) is 0 Å². The van der Waals surface area contributed by atoms with Crippen molar-refractivity contribution in [2.75, 3.05) is 13.1 Å². The van der Waals surface area contributed by atoms with Crippen LogP contribution in [0.3, 0.4) is 0 Å². The van der Waals surface area contributed by atoms with Crippen LogP contribution in [0.1, 0.15) is 13.3 Å². The topological polar surface area (TPSA) is 63.4 Å². The van der Waals surface area contributed by atoms with Crippen molar-refractivity contribution in [3.8, 4) is 0 Å². The van der Waals surface area contributed by atoms with E-state index in [1.165, 1.54) is 15.6 Å². The Morgan fingerprint density at radius 1 is 1.56 bits per heavy atom. The number of nitrogens with zero attached hydrogens (tertiary/aromatic N) is 1. The minimum Gasteiger partial charge on any atom is -0.328 e. The van der Waals surface area contributed by atoms with Crippen LogP contribution in [-0.2, 0) is 10.0 Å². The lowest BCUT2D eigenvalue weighted by Crippen LogP contribution is -2.33. The van der Waals surface area contributed by atoms with E-state index >= 15 is 0 Å². The molecule has 4 nitrogen and oxygen atoms in total. The third-order valence-electron chi connectivity index (χ3n) is 3.17. The van der Waals surface area contributed by atoms with E-state index in [2.05, 4.69) is 31.9 Å². The van der Waals surface area contributed by atoms with Gasteiger partial charge in [0.2, 0.25) is 10.0 Å². The molecule has 1 aliphatic heterocycles. The fourth-order valence-corrected chi connectivity index (χ4v) is 7.31. The van der Waals surface area contributed by atoms with Crippen LogP contribution in [0, 0.1) is 5.92 Å². The Morgan fingerprint density at radius 3 is 2.67 bits per heavy atom. The minimum atomic E-state index is -3.40. The zero-order valence-electron chi connectivity index (χ0n) is 9.77. The van der Waals surface area contributed by atoms with E-state index < -0.39 is 10.0 Å². The highest BCUT2D eigenvalue weighted by Gasteiger charge is 2.35. The molecule has 1 aliphatic rings. The third kappa shape index (κ3) is 2.83. The van der Waals surface area contributed by atoms with E-state index in [0.29, 0.717) is 21.8 Å². The molecule has 1 aromatic heterocycles. The zero-order chi connectivity index (χ0) is 13.5. The second-order valence-corrected chi connectivity index (χ2v) is 10.1. The Balaban J connectivity index is 2.26. The molecule has 8 heteroatoms. The predicted octanol–water partition coefficient (Wildman–Crippen LogP) is 2.63. The number of hydrogen-bond donors (Lipinski definition) is 1. The molecule has 1 aromatic rings.